The van der Waals surface area contributed by atoms with Gasteiger partial charge in [-0.15, -0.1) is 0 Å². The Labute approximate surface area is 140 Å². The Bertz CT molecular complexity index is 716. The molecule has 2 aromatic rings. The number of hydrogen-bond acceptors (Lipinski definition) is 4. The summed E-state index contributed by atoms with van der Waals surface area (Å²) < 4.78 is 10.6. The Morgan fingerprint density at radius 3 is 2.38 bits per heavy atom. The first-order valence-electron chi connectivity index (χ1n) is 7.58. The van der Waals surface area contributed by atoms with Crippen LogP contribution in [0, 0.1) is 0 Å². The lowest BCUT2D eigenvalue weighted by atomic mass is 10.2. The average Bonchev–Trinajstić information content (AvgIpc) is 2.61. The number of para-hydroxylation sites is 3. The van der Waals surface area contributed by atoms with Crippen LogP contribution in [0.4, 0.5) is 5.69 Å². The molecule has 24 heavy (non-hydrogen) atoms. The van der Waals surface area contributed by atoms with Crippen LogP contribution in [0.5, 0.6) is 11.5 Å². The molecular weight excluding hydrogens is 308 g/mol. The lowest BCUT2D eigenvalue weighted by Gasteiger charge is -2.12. The zero-order chi connectivity index (χ0) is 17.4. The number of hydrogen-bond donors (Lipinski definition) is 2. The summed E-state index contributed by atoms with van der Waals surface area (Å²) in [6.07, 6.45) is 0. The summed E-state index contributed by atoms with van der Waals surface area (Å²) in [5.74, 6) is 0.331. The predicted molar refractivity (Wildman–Crippen MR) is 91.6 cm³/mol. The average molecular weight is 328 g/mol. The molecule has 0 heterocycles. The zero-order valence-electron chi connectivity index (χ0n) is 13.7. The van der Waals surface area contributed by atoms with Crippen LogP contribution in [0.3, 0.4) is 0 Å². The maximum absolute atomic E-state index is 12.2. The molecule has 0 aliphatic heterocycles. The minimum Gasteiger partial charge on any atom is -0.495 e. The van der Waals surface area contributed by atoms with Crippen molar-refractivity contribution in [3.63, 3.8) is 0 Å². The monoisotopic (exact) mass is 328 g/mol. The highest BCUT2D eigenvalue weighted by Gasteiger charge is 2.13. The lowest BCUT2D eigenvalue weighted by molar-refractivity contribution is -0.115. The van der Waals surface area contributed by atoms with Crippen molar-refractivity contribution in [2.75, 3.05) is 25.6 Å². The van der Waals surface area contributed by atoms with Gasteiger partial charge < -0.3 is 20.1 Å². The molecule has 0 saturated carbocycles. The number of anilines is 1. The van der Waals surface area contributed by atoms with Crippen LogP contribution < -0.4 is 20.1 Å². The summed E-state index contributed by atoms with van der Waals surface area (Å²) in [6.45, 7) is 2.14. The maximum Gasteiger partial charge on any atom is 0.255 e. The molecule has 6 nitrogen and oxygen atoms in total. The standard InChI is InChI=1S/C18H20N2O4/c1-3-24-15-10-6-4-8-13(15)18(22)19-12-17(21)20-14-9-5-7-11-16(14)23-2/h4-11H,3,12H2,1-2H3,(H,19,22)(H,20,21). The number of methoxy groups -OCH3 is 1. The van der Waals surface area contributed by atoms with Gasteiger partial charge in [0.25, 0.3) is 5.91 Å². The SMILES string of the molecule is CCOc1ccccc1C(=O)NCC(=O)Nc1ccccc1OC. The second-order valence-electron chi connectivity index (χ2n) is 4.86. The lowest BCUT2D eigenvalue weighted by Crippen LogP contribution is -2.33. The van der Waals surface area contributed by atoms with E-state index < -0.39 is 0 Å². The fraction of sp³-hybridized carbons (Fsp3) is 0.222. The van der Waals surface area contributed by atoms with E-state index in [-0.39, 0.29) is 18.4 Å². The van der Waals surface area contributed by atoms with E-state index in [1.54, 1.807) is 48.5 Å². The van der Waals surface area contributed by atoms with Crippen LogP contribution in [0.25, 0.3) is 0 Å². The first kappa shape index (κ1) is 17.3. The van der Waals surface area contributed by atoms with E-state index in [1.807, 2.05) is 6.92 Å². The molecule has 0 aliphatic rings. The Hall–Kier alpha value is -3.02. The molecule has 126 valence electrons. The summed E-state index contributed by atoms with van der Waals surface area (Å²) >= 11 is 0. The van der Waals surface area contributed by atoms with Crippen molar-refractivity contribution < 1.29 is 19.1 Å². The van der Waals surface area contributed by atoms with Crippen molar-refractivity contribution >= 4 is 17.5 Å². The number of amides is 2. The van der Waals surface area contributed by atoms with Crippen LogP contribution in [0.2, 0.25) is 0 Å². The van der Waals surface area contributed by atoms with Crippen LogP contribution in [0.1, 0.15) is 17.3 Å². The minimum atomic E-state index is -0.366. The van der Waals surface area contributed by atoms with Crippen LogP contribution >= 0.6 is 0 Å². The van der Waals surface area contributed by atoms with E-state index in [0.717, 1.165) is 0 Å². The van der Waals surface area contributed by atoms with Crippen molar-refractivity contribution in [2.24, 2.45) is 0 Å². The van der Waals surface area contributed by atoms with Gasteiger partial charge in [0.2, 0.25) is 5.91 Å². The first-order chi connectivity index (χ1) is 11.7. The molecule has 0 aliphatic carbocycles. The maximum atomic E-state index is 12.2. The molecule has 0 unspecified atom stereocenters. The smallest absolute Gasteiger partial charge is 0.255 e. The topological polar surface area (TPSA) is 76.7 Å². The Morgan fingerprint density at radius 2 is 1.67 bits per heavy atom. The number of carbonyl (C=O) groups is 2. The quantitative estimate of drug-likeness (QED) is 0.818. The highest BCUT2D eigenvalue weighted by atomic mass is 16.5. The molecular formula is C18H20N2O4. The van der Waals surface area contributed by atoms with E-state index >= 15 is 0 Å². The number of nitrogens with one attached hydrogen (secondary N) is 2. The minimum absolute atomic E-state index is 0.155. The van der Waals surface area contributed by atoms with Crippen molar-refractivity contribution in [3.8, 4) is 11.5 Å². The van der Waals surface area contributed by atoms with Crippen LogP contribution in [-0.4, -0.2) is 32.1 Å². The van der Waals surface area contributed by atoms with Gasteiger partial charge in [0.1, 0.15) is 11.5 Å². The van der Waals surface area contributed by atoms with Crippen molar-refractivity contribution in [1.82, 2.24) is 5.32 Å². The van der Waals surface area contributed by atoms with E-state index in [0.29, 0.717) is 29.4 Å². The Kier molecular flexibility index (Phi) is 6.19. The normalized spacial score (nSPS) is 9.92. The molecule has 2 aromatic carbocycles. The van der Waals surface area contributed by atoms with E-state index in [4.69, 9.17) is 9.47 Å². The predicted octanol–water partition coefficient (Wildman–Crippen LogP) is 2.46. The van der Waals surface area contributed by atoms with Crippen LogP contribution in [0.15, 0.2) is 48.5 Å². The first-order valence-corrected chi connectivity index (χ1v) is 7.58. The van der Waals surface area contributed by atoms with Gasteiger partial charge in [0.15, 0.2) is 0 Å². The molecule has 0 spiro atoms. The van der Waals surface area contributed by atoms with Gasteiger partial charge in [-0.2, -0.15) is 0 Å². The molecule has 2 amide bonds. The number of benzene rings is 2. The van der Waals surface area contributed by atoms with Gasteiger partial charge in [-0.25, -0.2) is 0 Å². The third kappa shape index (κ3) is 4.49. The second kappa shape index (κ2) is 8.57. The van der Waals surface area contributed by atoms with Crippen molar-refractivity contribution in [2.45, 2.75) is 6.92 Å². The molecule has 2 rings (SSSR count). The zero-order valence-corrected chi connectivity index (χ0v) is 13.7. The molecule has 2 N–H and O–H groups in total. The van der Waals surface area contributed by atoms with E-state index in [1.165, 1.54) is 7.11 Å². The summed E-state index contributed by atoms with van der Waals surface area (Å²) in [6, 6.07) is 14.0. The fourth-order valence-corrected chi connectivity index (χ4v) is 2.13. The Balaban J connectivity index is 1.95. The highest BCUT2D eigenvalue weighted by Crippen LogP contribution is 2.22. The summed E-state index contributed by atoms with van der Waals surface area (Å²) in [5.41, 5.74) is 0.943. The number of rotatable bonds is 7. The van der Waals surface area contributed by atoms with Gasteiger partial charge in [0.05, 0.1) is 31.5 Å². The summed E-state index contributed by atoms with van der Waals surface area (Å²) in [5, 5.41) is 5.28. The van der Waals surface area contributed by atoms with Gasteiger partial charge in [-0.3, -0.25) is 9.59 Å². The fourth-order valence-electron chi connectivity index (χ4n) is 2.13. The summed E-state index contributed by atoms with van der Waals surface area (Å²) in [7, 11) is 1.53. The number of ether oxygens (including phenoxy) is 2. The third-order valence-corrected chi connectivity index (χ3v) is 3.22. The van der Waals surface area contributed by atoms with E-state index in [2.05, 4.69) is 10.6 Å². The Morgan fingerprint density at radius 1 is 1.00 bits per heavy atom. The molecule has 6 heteroatoms. The van der Waals surface area contributed by atoms with Gasteiger partial charge >= 0.3 is 0 Å². The molecule has 0 saturated heterocycles. The highest BCUT2D eigenvalue weighted by molar-refractivity contribution is 6.01. The van der Waals surface area contributed by atoms with E-state index in [9.17, 15) is 9.59 Å². The molecule has 0 bridgehead atoms. The largest absolute Gasteiger partial charge is 0.495 e. The van der Waals surface area contributed by atoms with Crippen LogP contribution in [-0.2, 0) is 4.79 Å². The van der Waals surface area contributed by atoms with Crippen molar-refractivity contribution in [1.29, 1.82) is 0 Å². The summed E-state index contributed by atoms with van der Waals surface area (Å²) in [4.78, 5) is 24.2. The molecule has 0 aromatic heterocycles. The second-order valence-corrected chi connectivity index (χ2v) is 4.86. The van der Waals surface area contributed by atoms with Gasteiger partial charge in [-0.1, -0.05) is 24.3 Å². The molecule has 0 fully saturated rings. The molecule has 0 radical (unpaired) electrons. The van der Waals surface area contributed by atoms with Crippen molar-refractivity contribution in [3.05, 3.63) is 54.1 Å². The molecule has 0 atom stereocenters. The van der Waals surface area contributed by atoms with Gasteiger partial charge in [0, 0.05) is 0 Å². The third-order valence-electron chi connectivity index (χ3n) is 3.22. The van der Waals surface area contributed by atoms with Gasteiger partial charge in [-0.05, 0) is 31.2 Å². The number of carbonyl (C=O) groups excluding carboxylic acids is 2.